The van der Waals surface area contributed by atoms with E-state index in [0.29, 0.717) is 24.6 Å². The zero-order valence-electron chi connectivity index (χ0n) is 17.5. The molecule has 0 spiro atoms. The van der Waals surface area contributed by atoms with Crippen LogP contribution in [0.15, 0.2) is 42.5 Å². The molecule has 162 valence electrons. The van der Waals surface area contributed by atoms with Crippen molar-refractivity contribution in [3.8, 4) is 22.5 Å². The molecule has 1 aromatic heterocycles. The monoisotopic (exact) mass is 421 g/mol. The lowest BCUT2D eigenvalue weighted by atomic mass is 9.86. The van der Waals surface area contributed by atoms with E-state index < -0.39 is 0 Å². The molecule has 0 atom stereocenters. The summed E-state index contributed by atoms with van der Waals surface area (Å²) in [5, 5.41) is 25.7. The van der Waals surface area contributed by atoms with E-state index in [1.54, 1.807) is 12.1 Å². The third-order valence-electron chi connectivity index (χ3n) is 5.93. The fraction of sp³-hybridized carbons (Fsp3) is 0.435. The van der Waals surface area contributed by atoms with Crippen LogP contribution in [0.5, 0.6) is 0 Å². The van der Waals surface area contributed by atoms with Crippen LogP contribution in [0.3, 0.4) is 0 Å². The predicted molar refractivity (Wildman–Crippen MR) is 117 cm³/mol. The van der Waals surface area contributed by atoms with Gasteiger partial charge in [0.2, 0.25) is 5.82 Å². The Morgan fingerprint density at radius 1 is 1.10 bits per heavy atom. The van der Waals surface area contributed by atoms with Crippen LogP contribution < -0.4 is 0 Å². The molecule has 1 N–H and O–H groups in total. The van der Waals surface area contributed by atoms with E-state index in [0.717, 1.165) is 29.0 Å². The van der Waals surface area contributed by atoms with Crippen LogP contribution in [-0.4, -0.2) is 32.2 Å². The Morgan fingerprint density at radius 3 is 2.71 bits per heavy atom. The molecule has 1 fully saturated rings. The van der Waals surface area contributed by atoms with Gasteiger partial charge in [-0.15, -0.1) is 10.2 Å². The zero-order chi connectivity index (χ0) is 21.5. The molecule has 1 aliphatic rings. The van der Waals surface area contributed by atoms with Crippen molar-refractivity contribution < 1.29 is 9.66 Å². The number of ether oxygens (including phenoxy) is 1. The van der Waals surface area contributed by atoms with Gasteiger partial charge < -0.3 is 4.74 Å². The SMILES string of the molecule is O=[N+]([O-])c1cc(COCCCC2CCCCC2)ccc1-c1cccc(-c2nn[nH]n2)c1. The van der Waals surface area contributed by atoms with Crippen LogP contribution in [0.1, 0.15) is 50.5 Å². The largest absolute Gasteiger partial charge is 0.377 e. The Labute approximate surface area is 181 Å². The van der Waals surface area contributed by atoms with Gasteiger partial charge in [-0.1, -0.05) is 56.4 Å². The number of aromatic amines is 1. The first-order chi connectivity index (χ1) is 15.2. The van der Waals surface area contributed by atoms with Crippen LogP contribution in [0.25, 0.3) is 22.5 Å². The fourth-order valence-electron chi connectivity index (χ4n) is 4.31. The second-order valence-electron chi connectivity index (χ2n) is 8.12. The number of nitrogens with one attached hydrogen (secondary N) is 1. The maximum atomic E-state index is 11.7. The molecule has 0 radical (unpaired) electrons. The minimum atomic E-state index is -0.344. The average Bonchev–Trinajstić information content (AvgIpc) is 3.35. The minimum Gasteiger partial charge on any atom is -0.377 e. The van der Waals surface area contributed by atoms with Gasteiger partial charge in [0.25, 0.3) is 5.69 Å². The molecule has 0 bridgehead atoms. The molecule has 3 aromatic rings. The molecule has 1 heterocycles. The molecule has 0 saturated heterocycles. The van der Waals surface area contributed by atoms with Gasteiger partial charge in [-0.25, -0.2) is 0 Å². The van der Waals surface area contributed by atoms with E-state index in [4.69, 9.17) is 4.74 Å². The number of hydrogen-bond donors (Lipinski definition) is 1. The van der Waals surface area contributed by atoms with Crippen LogP contribution in [0.2, 0.25) is 0 Å². The molecule has 2 aromatic carbocycles. The number of nitro benzene ring substituents is 1. The molecule has 0 aliphatic heterocycles. The van der Waals surface area contributed by atoms with Crippen molar-refractivity contribution in [1.82, 2.24) is 20.6 Å². The summed E-state index contributed by atoms with van der Waals surface area (Å²) < 4.78 is 5.81. The highest BCUT2D eigenvalue weighted by atomic mass is 16.6. The average molecular weight is 422 g/mol. The van der Waals surface area contributed by atoms with Gasteiger partial charge >= 0.3 is 0 Å². The van der Waals surface area contributed by atoms with Gasteiger partial charge in [0.15, 0.2) is 0 Å². The molecule has 31 heavy (non-hydrogen) atoms. The number of rotatable bonds is 9. The highest BCUT2D eigenvalue weighted by Crippen LogP contribution is 2.33. The van der Waals surface area contributed by atoms with Crippen molar-refractivity contribution in [3.05, 3.63) is 58.1 Å². The zero-order valence-corrected chi connectivity index (χ0v) is 17.5. The number of tetrazole rings is 1. The second-order valence-corrected chi connectivity index (χ2v) is 8.12. The minimum absolute atomic E-state index is 0.0635. The van der Waals surface area contributed by atoms with Crippen LogP contribution in [0, 0.1) is 16.0 Å². The predicted octanol–water partition coefficient (Wildman–Crippen LogP) is 5.32. The number of H-pyrrole nitrogens is 1. The first kappa shape index (κ1) is 21.1. The normalized spacial score (nSPS) is 14.6. The molecule has 8 nitrogen and oxygen atoms in total. The molecule has 4 rings (SSSR count). The van der Waals surface area contributed by atoms with Crippen molar-refractivity contribution in [2.75, 3.05) is 6.61 Å². The molecule has 0 unspecified atom stereocenters. The lowest BCUT2D eigenvalue weighted by molar-refractivity contribution is -0.384. The second kappa shape index (κ2) is 10.3. The highest BCUT2D eigenvalue weighted by Gasteiger charge is 2.17. The number of nitro groups is 1. The Morgan fingerprint density at radius 2 is 1.94 bits per heavy atom. The van der Waals surface area contributed by atoms with Crippen molar-refractivity contribution in [2.45, 2.75) is 51.6 Å². The van der Waals surface area contributed by atoms with Gasteiger partial charge in [0, 0.05) is 18.2 Å². The van der Waals surface area contributed by atoms with E-state index in [-0.39, 0.29) is 10.6 Å². The Balaban J connectivity index is 1.40. The Kier molecular flexibility index (Phi) is 6.99. The highest BCUT2D eigenvalue weighted by molar-refractivity contribution is 5.77. The summed E-state index contributed by atoms with van der Waals surface area (Å²) >= 11 is 0. The number of benzene rings is 2. The van der Waals surface area contributed by atoms with Crippen LogP contribution >= 0.6 is 0 Å². The third kappa shape index (κ3) is 5.52. The molecule has 1 aliphatic carbocycles. The lowest BCUT2D eigenvalue weighted by Crippen LogP contribution is -2.07. The summed E-state index contributed by atoms with van der Waals surface area (Å²) in [5.74, 6) is 1.30. The summed E-state index contributed by atoms with van der Waals surface area (Å²) in [7, 11) is 0. The van der Waals surface area contributed by atoms with Gasteiger partial charge in [-0.05, 0) is 47.2 Å². The van der Waals surface area contributed by atoms with Gasteiger partial charge in [-0.2, -0.15) is 5.21 Å². The number of aromatic nitrogens is 4. The quantitative estimate of drug-likeness (QED) is 0.285. The van der Waals surface area contributed by atoms with E-state index in [1.165, 1.54) is 38.5 Å². The summed E-state index contributed by atoms with van der Waals surface area (Å²) in [6.07, 6.45) is 9.06. The summed E-state index contributed by atoms with van der Waals surface area (Å²) in [6.45, 7) is 1.08. The van der Waals surface area contributed by atoms with Gasteiger partial charge in [0.05, 0.1) is 17.1 Å². The van der Waals surface area contributed by atoms with Gasteiger partial charge in [0.1, 0.15) is 0 Å². The maximum Gasteiger partial charge on any atom is 0.277 e. The summed E-state index contributed by atoms with van der Waals surface area (Å²) in [4.78, 5) is 11.4. The molecule has 0 amide bonds. The van der Waals surface area contributed by atoms with E-state index in [2.05, 4.69) is 20.6 Å². The third-order valence-corrected chi connectivity index (χ3v) is 5.93. The Hall–Kier alpha value is -3.13. The topological polar surface area (TPSA) is 107 Å². The van der Waals surface area contributed by atoms with Crippen molar-refractivity contribution in [2.24, 2.45) is 5.92 Å². The number of nitrogens with zero attached hydrogens (tertiary/aromatic N) is 4. The molecular formula is C23H27N5O3. The van der Waals surface area contributed by atoms with Crippen LogP contribution in [-0.2, 0) is 11.3 Å². The van der Waals surface area contributed by atoms with E-state index >= 15 is 0 Å². The smallest absolute Gasteiger partial charge is 0.277 e. The molecular weight excluding hydrogens is 394 g/mol. The number of hydrogen-bond acceptors (Lipinski definition) is 6. The van der Waals surface area contributed by atoms with Crippen molar-refractivity contribution in [3.63, 3.8) is 0 Å². The van der Waals surface area contributed by atoms with E-state index in [9.17, 15) is 10.1 Å². The molecule has 1 saturated carbocycles. The standard InChI is InChI=1S/C23H27N5O3/c29-28(30)22-14-18(16-31-13-5-8-17-6-2-1-3-7-17)11-12-21(22)19-9-4-10-20(15-19)23-24-26-27-25-23/h4,9-12,14-15,17H,1-3,5-8,13,16H2,(H,24,25,26,27). The Bertz CT molecular complexity index is 1000. The first-order valence-corrected chi connectivity index (χ1v) is 10.9. The molecule has 8 heteroatoms. The van der Waals surface area contributed by atoms with Crippen LogP contribution in [0.4, 0.5) is 5.69 Å². The van der Waals surface area contributed by atoms with Crippen molar-refractivity contribution in [1.29, 1.82) is 0 Å². The lowest BCUT2D eigenvalue weighted by Gasteiger charge is -2.21. The fourth-order valence-corrected chi connectivity index (χ4v) is 4.31. The maximum absolute atomic E-state index is 11.7. The summed E-state index contributed by atoms with van der Waals surface area (Å²) in [5.41, 5.74) is 2.90. The van der Waals surface area contributed by atoms with Crippen molar-refractivity contribution >= 4 is 5.69 Å². The summed E-state index contributed by atoms with van der Waals surface area (Å²) in [6, 6.07) is 12.6. The first-order valence-electron chi connectivity index (χ1n) is 10.9. The van der Waals surface area contributed by atoms with E-state index in [1.807, 2.05) is 30.3 Å². The van der Waals surface area contributed by atoms with Gasteiger partial charge in [-0.3, -0.25) is 10.1 Å².